The van der Waals surface area contributed by atoms with Crippen LogP contribution in [0, 0.1) is 0 Å². The van der Waals surface area contributed by atoms with E-state index < -0.39 is 0 Å². The molecule has 0 aliphatic rings. The molecule has 0 aliphatic carbocycles. The van der Waals surface area contributed by atoms with Crippen LogP contribution in [-0.4, -0.2) is 71.9 Å². The minimum atomic E-state index is -0.00122. The van der Waals surface area contributed by atoms with E-state index in [0.717, 1.165) is 64.9 Å². The molecule has 0 saturated heterocycles. The summed E-state index contributed by atoms with van der Waals surface area (Å²) in [5.41, 5.74) is 3.78. The number of rotatable bonds is 18. The van der Waals surface area contributed by atoms with Gasteiger partial charge >= 0.3 is 0 Å². The number of amides is 2. The summed E-state index contributed by atoms with van der Waals surface area (Å²) in [6.45, 7) is 1.39. The Kier molecular flexibility index (Phi) is 16.3. The summed E-state index contributed by atoms with van der Waals surface area (Å²) in [7, 11) is 0. The SMILES string of the molecule is CSCCSCCNC(=O)c1cccc(CCCc2cccc(C(=O)NCCSCCSC)c2)c1. The predicted octanol–water partition coefficient (Wildman–Crippen LogP) is 5.51. The molecule has 2 amide bonds. The lowest BCUT2D eigenvalue weighted by Crippen LogP contribution is -2.26. The molecule has 0 unspecified atom stereocenters. The first-order valence-corrected chi connectivity index (χ1v) is 17.1. The van der Waals surface area contributed by atoms with Gasteiger partial charge in [-0.1, -0.05) is 24.3 Å². The molecule has 2 rings (SSSR count). The molecule has 0 fully saturated rings. The molecule has 0 heterocycles. The van der Waals surface area contributed by atoms with Crippen molar-refractivity contribution in [3.63, 3.8) is 0 Å². The molecule has 0 saturated carbocycles. The van der Waals surface area contributed by atoms with Gasteiger partial charge in [-0.05, 0) is 67.2 Å². The molecule has 2 aromatic carbocycles. The lowest BCUT2D eigenvalue weighted by molar-refractivity contribution is 0.0948. The highest BCUT2D eigenvalue weighted by atomic mass is 32.2. The summed E-state index contributed by atoms with van der Waals surface area (Å²) in [5.74, 6) is 6.43. The van der Waals surface area contributed by atoms with Crippen molar-refractivity contribution in [2.75, 3.05) is 60.1 Å². The predicted molar refractivity (Wildman–Crippen MR) is 161 cm³/mol. The zero-order valence-corrected chi connectivity index (χ0v) is 24.1. The maximum atomic E-state index is 12.5. The van der Waals surface area contributed by atoms with Gasteiger partial charge in [0.1, 0.15) is 0 Å². The molecule has 192 valence electrons. The second kappa shape index (κ2) is 19.0. The molecule has 0 bridgehead atoms. The van der Waals surface area contributed by atoms with Crippen molar-refractivity contribution in [3.8, 4) is 0 Å². The Hall–Kier alpha value is -1.22. The van der Waals surface area contributed by atoms with E-state index in [4.69, 9.17) is 0 Å². The van der Waals surface area contributed by atoms with Crippen molar-refractivity contribution < 1.29 is 9.59 Å². The van der Waals surface area contributed by atoms with E-state index in [1.807, 2.05) is 83.4 Å². The van der Waals surface area contributed by atoms with Crippen LogP contribution in [0.1, 0.15) is 38.3 Å². The van der Waals surface area contributed by atoms with Gasteiger partial charge in [0.2, 0.25) is 0 Å². The Bertz CT molecular complexity index is 823. The molecule has 8 heteroatoms. The van der Waals surface area contributed by atoms with Crippen LogP contribution in [-0.2, 0) is 12.8 Å². The average molecular weight is 551 g/mol. The van der Waals surface area contributed by atoms with Crippen LogP contribution in [0.15, 0.2) is 48.5 Å². The number of nitrogens with one attached hydrogen (secondary N) is 2. The van der Waals surface area contributed by atoms with Crippen LogP contribution in [0.5, 0.6) is 0 Å². The minimum absolute atomic E-state index is 0.00122. The zero-order valence-electron chi connectivity index (χ0n) is 20.8. The highest BCUT2D eigenvalue weighted by Crippen LogP contribution is 2.13. The quantitative estimate of drug-likeness (QED) is 0.239. The van der Waals surface area contributed by atoms with E-state index in [1.54, 1.807) is 0 Å². The van der Waals surface area contributed by atoms with Gasteiger partial charge in [0.05, 0.1) is 0 Å². The van der Waals surface area contributed by atoms with Crippen LogP contribution in [0.25, 0.3) is 0 Å². The molecule has 2 aromatic rings. The Labute approximate surface area is 228 Å². The number of aryl methyl sites for hydroxylation is 2. The van der Waals surface area contributed by atoms with E-state index in [2.05, 4.69) is 35.3 Å². The molecule has 2 N–H and O–H groups in total. The number of benzene rings is 2. The van der Waals surface area contributed by atoms with Gasteiger partial charge in [0, 0.05) is 58.7 Å². The van der Waals surface area contributed by atoms with Gasteiger partial charge in [0.25, 0.3) is 11.8 Å². The van der Waals surface area contributed by atoms with E-state index in [9.17, 15) is 9.59 Å². The molecule has 35 heavy (non-hydrogen) atoms. The molecular formula is C27H38N2O2S4. The van der Waals surface area contributed by atoms with E-state index in [0.29, 0.717) is 13.1 Å². The summed E-state index contributed by atoms with van der Waals surface area (Å²) in [4.78, 5) is 24.9. The fourth-order valence-electron chi connectivity index (χ4n) is 3.40. The Morgan fingerprint density at radius 2 is 1.11 bits per heavy atom. The van der Waals surface area contributed by atoms with Crippen molar-refractivity contribution in [2.45, 2.75) is 19.3 Å². The summed E-state index contributed by atoms with van der Waals surface area (Å²) in [6, 6.07) is 15.8. The van der Waals surface area contributed by atoms with Gasteiger partial charge in [-0.2, -0.15) is 47.0 Å². The van der Waals surface area contributed by atoms with E-state index in [-0.39, 0.29) is 11.8 Å². The smallest absolute Gasteiger partial charge is 0.251 e. The second-order valence-electron chi connectivity index (χ2n) is 7.98. The van der Waals surface area contributed by atoms with Crippen LogP contribution < -0.4 is 10.6 Å². The van der Waals surface area contributed by atoms with Crippen LogP contribution in [0.3, 0.4) is 0 Å². The maximum Gasteiger partial charge on any atom is 0.251 e. The Morgan fingerprint density at radius 3 is 1.54 bits per heavy atom. The molecule has 4 nitrogen and oxygen atoms in total. The number of carbonyl (C=O) groups excluding carboxylic acids is 2. The second-order valence-corrected chi connectivity index (χ2v) is 12.4. The van der Waals surface area contributed by atoms with Gasteiger partial charge in [-0.15, -0.1) is 0 Å². The lowest BCUT2D eigenvalue weighted by Gasteiger charge is -2.09. The summed E-state index contributed by atoms with van der Waals surface area (Å²) < 4.78 is 0. The summed E-state index contributed by atoms with van der Waals surface area (Å²) >= 11 is 7.45. The standard InChI is InChI=1S/C27H38N2O2S4/c1-32-16-18-34-14-12-28-26(30)24-10-4-8-22(20-24)6-3-7-23-9-5-11-25(21-23)27(31)29-13-15-35-19-17-33-2/h4-5,8-11,20-21H,3,6-7,12-19H2,1-2H3,(H,28,30)(H,29,31). The molecule has 0 radical (unpaired) electrons. The van der Waals surface area contributed by atoms with Gasteiger partial charge in [-0.3, -0.25) is 9.59 Å². The van der Waals surface area contributed by atoms with Crippen molar-refractivity contribution >= 4 is 58.9 Å². The first-order chi connectivity index (χ1) is 17.1. The number of carbonyl (C=O) groups is 2. The molecule has 0 aliphatic heterocycles. The van der Waals surface area contributed by atoms with Gasteiger partial charge in [-0.25, -0.2) is 0 Å². The minimum Gasteiger partial charge on any atom is -0.351 e. The Balaban J connectivity index is 1.73. The molecule has 0 aromatic heterocycles. The van der Waals surface area contributed by atoms with Crippen LogP contribution >= 0.6 is 47.0 Å². The number of hydrogen-bond donors (Lipinski definition) is 2. The number of thioether (sulfide) groups is 4. The third-order valence-electron chi connectivity index (χ3n) is 5.24. The highest BCUT2D eigenvalue weighted by Gasteiger charge is 2.08. The monoisotopic (exact) mass is 550 g/mol. The highest BCUT2D eigenvalue weighted by molar-refractivity contribution is 8.03. The fraction of sp³-hybridized carbons (Fsp3) is 0.481. The Morgan fingerprint density at radius 1 is 0.657 bits per heavy atom. The first-order valence-electron chi connectivity index (χ1n) is 12.0. The third-order valence-corrected chi connectivity index (χ3v) is 8.95. The van der Waals surface area contributed by atoms with Gasteiger partial charge < -0.3 is 10.6 Å². The van der Waals surface area contributed by atoms with Crippen molar-refractivity contribution in [2.24, 2.45) is 0 Å². The van der Waals surface area contributed by atoms with Crippen LogP contribution in [0.2, 0.25) is 0 Å². The molecular weight excluding hydrogens is 513 g/mol. The van der Waals surface area contributed by atoms with Gasteiger partial charge in [0.15, 0.2) is 0 Å². The van der Waals surface area contributed by atoms with E-state index >= 15 is 0 Å². The summed E-state index contributed by atoms with van der Waals surface area (Å²) in [6.07, 6.45) is 6.99. The third kappa shape index (κ3) is 13.1. The topological polar surface area (TPSA) is 58.2 Å². The first kappa shape index (κ1) is 30.0. The fourth-order valence-corrected chi connectivity index (χ4v) is 6.58. The van der Waals surface area contributed by atoms with Crippen molar-refractivity contribution in [1.82, 2.24) is 10.6 Å². The largest absolute Gasteiger partial charge is 0.351 e. The van der Waals surface area contributed by atoms with Crippen molar-refractivity contribution in [3.05, 3.63) is 70.8 Å². The molecule has 0 atom stereocenters. The normalized spacial score (nSPS) is 10.8. The zero-order chi connectivity index (χ0) is 25.1. The summed E-state index contributed by atoms with van der Waals surface area (Å²) in [5, 5.41) is 6.04. The maximum absolute atomic E-state index is 12.5. The average Bonchev–Trinajstić information content (AvgIpc) is 2.88. The molecule has 0 spiro atoms. The van der Waals surface area contributed by atoms with E-state index in [1.165, 1.54) is 11.1 Å². The van der Waals surface area contributed by atoms with Crippen molar-refractivity contribution in [1.29, 1.82) is 0 Å². The van der Waals surface area contributed by atoms with Crippen LogP contribution in [0.4, 0.5) is 0 Å². The lowest BCUT2D eigenvalue weighted by atomic mass is 10.0. The number of hydrogen-bond acceptors (Lipinski definition) is 6.